The Labute approximate surface area is 112 Å². The molecule has 1 aromatic rings. The van der Waals surface area contributed by atoms with Gasteiger partial charge < -0.3 is 0 Å². The SMILES string of the molecule is CCN(N)C(=N)NN.Cc1ccc(S(=O)(=O)O)cc1. The molecule has 0 aliphatic heterocycles. The van der Waals surface area contributed by atoms with Crippen LogP contribution in [0.25, 0.3) is 0 Å². The second kappa shape index (κ2) is 7.69. The molecule has 9 heteroatoms. The van der Waals surface area contributed by atoms with Gasteiger partial charge in [-0.2, -0.15) is 8.42 Å². The van der Waals surface area contributed by atoms with E-state index < -0.39 is 10.1 Å². The second-order valence-electron chi connectivity index (χ2n) is 3.57. The molecular weight excluding hydrogens is 270 g/mol. The molecule has 0 atom stereocenters. The molecule has 0 amide bonds. The molecule has 0 aliphatic carbocycles. The van der Waals surface area contributed by atoms with Crippen molar-refractivity contribution in [2.75, 3.05) is 6.54 Å². The molecule has 1 rings (SSSR count). The van der Waals surface area contributed by atoms with Crippen LogP contribution in [0.1, 0.15) is 12.5 Å². The first-order valence-electron chi connectivity index (χ1n) is 5.34. The zero-order valence-corrected chi connectivity index (χ0v) is 11.6. The molecule has 7 N–H and O–H groups in total. The van der Waals surface area contributed by atoms with E-state index >= 15 is 0 Å². The van der Waals surface area contributed by atoms with Crippen LogP contribution >= 0.6 is 0 Å². The van der Waals surface area contributed by atoms with E-state index in [0.717, 1.165) is 5.56 Å². The first-order chi connectivity index (χ1) is 8.72. The lowest BCUT2D eigenvalue weighted by Gasteiger charge is -2.14. The summed E-state index contributed by atoms with van der Waals surface area (Å²) in [6.07, 6.45) is 0. The van der Waals surface area contributed by atoms with Crippen molar-refractivity contribution >= 4 is 16.1 Å². The average Bonchev–Trinajstić information content (AvgIpc) is 2.37. The van der Waals surface area contributed by atoms with Crippen LogP contribution in [0.15, 0.2) is 29.2 Å². The highest BCUT2D eigenvalue weighted by molar-refractivity contribution is 7.85. The van der Waals surface area contributed by atoms with E-state index in [1.807, 2.05) is 13.8 Å². The minimum Gasteiger partial charge on any atom is -0.293 e. The second-order valence-corrected chi connectivity index (χ2v) is 4.99. The van der Waals surface area contributed by atoms with E-state index in [9.17, 15) is 8.42 Å². The maximum absolute atomic E-state index is 10.5. The Morgan fingerprint density at radius 1 is 1.42 bits per heavy atom. The van der Waals surface area contributed by atoms with Crippen molar-refractivity contribution in [1.82, 2.24) is 10.4 Å². The highest BCUT2D eigenvalue weighted by Crippen LogP contribution is 2.08. The predicted molar refractivity (Wildman–Crippen MR) is 72.6 cm³/mol. The third kappa shape index (κ3) is 6.72. The quantitative estimate of drug-likeness (QED) is 0.167. The molecule has 8 nitrogen and oxygen atoms in total. The number of guanidine groups is 1. The zero-order chi connectivity index (χ0) is 15.1. The third-order valence-electron chi connectivity index (χ3n) is 2.08. The van der Waals surface area contributed by atoms with Crippen LogP contribution in [0.4, 0.5) is 0 Å². The first-order valence-corrected chi connectivity index (χ1v) is 6.78. The van der Waals surface area contributed by atoms with Gasteiger partial charge in [-0.05, 0) is 26.0 Å². The minimum absolute atomic E-state index is 0.0208. The molecule has 0 spiro atoms. The summed E-state index contributed by atoms with van der Waals surface area (Å²) in [5.41, 5.74) is 3.06. The Morgan fingerprint density at radius 3 is 2.16 bits per heavy atom. The van der Waals surface area contributed by atoms with Crippen molar-refractivity contribution in [3.8, 4) is 0 Å². The van der Waals surface area contributed by atoms with E-state index in [0.29, 0.717) is 6.54 Å². The monoisotopic (exact) mass is 289 g/mol. The molecule has 0 saturated heterocycles. The average molecular weight is 289 g/mol. The number of rotatable bonds is 2. The summed E-state index contributed by atoms with van der Waals surface area (Å²) in [5, 5.41) is 8.10. The Balaban J connectivity index is 0.000000362. The summed E-state index contributed by atoms with van der Waals surface area (Å²) in [6.45, 7) is 4.24. The van der Waals surface area contributed by atoms with Crippen molar-refractivity contribution in [2.45, 2.75) is 18.7 Å². The lowest BCUT2D eigenvalue weighted by atomic mass is 10.2. The fourth-order valence-electron chi connectivity index (χ4n) is 0.951. The summed E-state index contributed by atoms with van der Waals surface area (Å²) >= 11 is 0. The molecule has 19 heavy (non-hydrogen) atoms. The number of nitrogens with one attached hydrogen (secondary N) is 2. The molecule has 0 saturated carbocycles. The topological polar surface area (TPSA) is 146 Å². The molecule has 108 valence electrons. The zero-order valence-electron chi connectivity index (χ0n) is 10.8. The summed E-state index contributed by atoms with van der Waals surface area (Å²) in [5.74, 6) is 10.1. The van der Waals surface area contributed by atoms with Gasteiger partial charge in [-0.25, -0.2) is 11.7 Å². The molecule has 0 unspecified atom stereocenters. The van der Waals surface area contributed by atoms with E-state index in [1.165, 1.54) is 17.1 Å². The summed E-state index contributed by atoms with van der Waals surface area (Å²) in [4.78, 5) is -0.0666. The van der Waals surface area contributed by atoms with Gasteiger partial charge in [0.05, 0.1) is 4.90 Å². The number of aryl methyl sites for hydroxylation is 1. The largest absolute Gasteiger partial charge is 0.294 e. The highest BCUT2D eigenvalue weighted by Gasteiger charge is 2.06. The van der Waals surface area contributed by atoms with Crippen LogP contribution in [0.2, 0.25) is 0 Å². The Morgan fingerprint density at radius 2 is 1.89 bits per heavy atom. The minimum atomic E-state index is -4.02. The lowest BCUT2D eigenvalue weighted by Crippen LogP contribution is -2.47. The fourth-order valence-corrected chi connectivity index (χ4v) is 1.43. The molecule has 0 aromatic heterocycles. The van der Waals surface area contributed by atoms with Crippen LogP contribution < -0.4 is 17.1 Å². The molecular formula is C10H19N5O3S. The van der Waals surface area contributed by atoms with Gasteiger partial charge in [0.25, 0.3) is 10.1 Å². The van der Waals surface area contributed by atoms with Crippen molar-refractivity contribution in [3.63, 3.8) is 0 Å². The Hall–Kier alpha value is -1.68. The maximum atomic E-state index is 10.5. The van der Waals surface area contributed by atoms with Gasteiger partial charge in [0.15, 0.2) is 0 Å². The fraction of sp³-hybridized carbons (Fsp3) is 0.300. The van der Waals surface area contributed by atoms with Gasteiger partial charge in [-0.15, -0.1) is 0 Å². The molecule has 0 radical (unpaired) electrons. The van der Waals surface area contributed by atoms with Crippen LogP contribution in [0, 0.1) is 12.3 Å². The normalized spacial score (nSPS) is 10.2. The van der Waals surface area contributed by atoms with Gasteiger partial charge in [0.1, 0.15) is 0 Å². The summed E-state index contributed by atoms with van der Waals surface area (Å²) < 4.78 is 29.6. The van der Waals surface area contributed by atoms with Crippen LogP contribution in [0.3, 0.4) is 0 Å². The van der Waals surface area contributed by atoms with Crippen molar-refractivity contribution in [2.24, 2.45) is 11.7 Å². The van der Waals surface area contributed by atoms with E-state index in [2.05, 4.69) is 5.43 Å². The van der Waals surface area contributed by atoms with Crippen LogP contribution in [0.5, 0.6) is 0 Å². The molecule has 0 heterocycles. The lowest BCUT2D eigenvalue weighted by molar-refractivity contribution is 0.443. The van der Waals surface area contributed by atoms with Gasteiger partial charge in [0.2, 0.25) is 5.96 Å². The van der Waals surface area contributed by atoms with E-state index in [1.54, 1.807) is 12.1 Å². The number of hydrogen-bond donors (Lipinski definition) is 5. The molecule has 0 bridgehead atoms. The van der Waals surface area contributed by atoms with Crippen LogP contribution in [-0.2, 0) is 10.1 Å². The predicted octanol–water partition coefficient (Wildman–Crippen LogP) is -0.178. The Kier molecular flexibility index (Phi) is 7.01. The summed E-state index contributed by atoms with van der Waals surface area (Å²) in [7, 11) is -4.02. The number of hydrazine groups is 2. The third-order valence-corrected chi connectivity index (χ3v) is 2.95. The van der Waals surface area contributed by atoms with Gasteiger partial charge in [0, 0.05) is 6.54 Å². The molecule has 0 aliphatic rings. The highest BCUT2D eigenvalue weighted by atomic mass is 32.2. The molecule has 1 aromatic carbocycles. The first kappa shape index (κ1) is 17.3. The van der Waals surface area contributed by atoms with E-state index in [4.69, 9.17) is 21.6 Å². The number of nitrogens with zero attached hydrogens (tertiary/aromatic N) is 1. The Bertz CT molecular complexity index is 500. The smallest absolute Gasteiger partial charge is 0.293 e. The van der Waals surface area contributed by atoms with Crippen molar-refractivity contribution in [3.05, 3.63) is 29.8 Å². The van der Waals surface area contributed by atoms with Gasteiger partial charge >= 0.3 is 0 Å². The summed E-state index contributed by atoms with van der Waals surface area (Å²) in [6, 6.07) is 5.99. The van der Waals surface area contributed by atoms with Crippen molar-refractivity contribution < 1.29 is 13.0 Å². The van der Waals surface area contributed by atoms with Crippen LogP contribution in [-0.4, -0.2) is 30.5 Å². The van der Waals surface area contributed by atoms with Gasteiger partial charge in [-0.1, -0.05) is 17.7 Å². The number of benzene rings is 1. The van der Waals surface area contributed by atoms with Gasteiger partial charge in [-0.3, -0.25) is 20.4 Å². The number of nitrogens with two attached hydrogens (primary N) is 2. The van der Waals surface area contributed by atoms with Crippen molar-refractivity contribution in [1.29, 1.82) is 5.41 Å². The maximum Gasteiger partial charge on any atom is 0.294 e. The standard InChI is InChI=1S/C7H8O3S.C3H11N5/c1-6-2-4-7(5-3-6)11(8,9)10;1-2-8(6)3(4)7-5/h2-5H,1H3,(H,8,9,10);2,5-6H2,1H3,(H2,4,7). The molecule has 0 fully saturated rings. The number of hydrogen-bond acceptors (Lipinski definition) is 5. The van der Waals surface area contributed by atoms with E-state index in [-0.39, 0.29) is 10.9 Å².